The van der Waals surface area contributed by atoms with Gasteiger partial charge in [0.2, 0.25) is 29.5 Å². The van der Waals surface area contributed by atoms with Crippen molar-refractivity contribution in [2.75, 3.05) is 72.7 Å². The molecule has 850 valence electrons. The van der Waals surface area contributed by atoms with Crippen LogP contribution in [0.1, 0.15) is 41.5 Å². The normalized spacial score (nSPS) is 49.6. The van der Waals surface area contributed by atoms with Gasteiger partial charge in [-0.25, -0.2) is 0 Å². The lowest BCUT2D eigenvalue weighted by Gasteiger charge is -2.51. The zero-order valence-electron chi connectivity index (χ0n) is 79.2. The molecular formula is C82H137N5O60. The van der Waals surface area contributed by atoms with Crippen LogP contribution in [-0.4, -0.2) is 634 Å². The van der Waals surface area contributed by atoms with Crippen LogP contribution in [0.5, 0.6) is 0 Å². The highest BCUT2D eigenvalue weighted by atomic mass is 16.8. The van der Waals surface area contributed by atoms with Crippen LogP contribution >= 0.6 is 0 Å². The Morgan fingerprint density at radius 2 is 0.415 bits per heavy atom. The maximum Gasteiger partial charge on any atom is 0.217 e. The number of amides is 5. The molecule has 12 rings (SSSR count). The van der Waals surface area contributed by atoms with E-state index in [1.165, 1.54) is 6.92 Å². The van der Waals surface area contributed by atoms with Gasteiger partial charge < -0.3 is 299 Å². The number of aliphatic hydroxyl groups is 32. The molecule has 60 atom stereocenters. The Balaban J connectivity index is 0.884. The third-order valence-corrected chi connectivity index (χ3v) is 27.0. The molecule has 65 nitrogen and oxygen atoms in total. The number of ether oxygens (including phenoxy) is 23. The topological polar surface area (TPSA) is 1010 Å². The molecule has 37 N–H and O–H groups in total. The maximum absolute atomic E-state index is 13.4. The fraction of sp³-hybridized carbons (Fsp3) is 0.939. The van der Waals surface area contributed by atoms with Crippen LogP contribution in [0, 0.1) is 0 Å². The molecule has 5 amide bonds. The van der Waals surface area contributed by atoms with Crippen LogP contribution < -0.4 is 26.6 Å². The van der Waals surface area contributed by atoms with E-state index in [-0.39, 0.29) is 0 Å². The molecule has 12 fully saturated rings. The first kappa shape index (κ1) is 121. The third-order valence-electron chi connectivity index (χ3n) is 27.0. The summed E-state index contributed by atoms with van der Waals surface area (Å²) in [4.78, 5) is 65.2. The average molecular weight is 2150 g/mol. The van der Waals surface area contributed by atoms with Crippen LogP contribution in [0.25, 0.3) is 0 Å². The summed E-state index contributed by atoms with van der Waals surface area (Å²) in [6, 6.07) is -9.77. The second-order valence-electron chi connectivity index (χ2n) is 37.4. The Kier molecular flexibility index (Phi) is 43.4. The fourth-order valence-electron chi connectivity index (χ4n) is 19.1. The molecule has 0 spiro atoms. The van der Waals surface area contributed by atoms with E-state index in [0.29, 0.717) is 0 Å². The monoisotopic (exact) mass is 2150 g/mol. The standard InChI is InChI=1S/C82H137N5O60/c1-18-40(101)51(112)57(118)76(128-18)126-17-34-68(46(107)35(71(124)129-34)83-19(2)96)141-74-38(86-22(5)99)49(110)66(30(13-94)135-74)145-81-62(123)69(146-80-61(122)56(117)67(31(14-95)137-80)140-73-37(85-21(4)98)48(109)64(28(11-92)134-73)143-78-59(120)53(114)42(103)25(8-89)131-78)45(106)33(138-81)16-127-82-70(147-75-39(87-23(6)100)50(111)65(29(12-93)136-75)144-79-60(121)54(115)43(104)26(9-90)132-79)55(116)44(105)32(139-82)15-125-72-36(84-20(3)97)47(108)63(27(10-91)133-72)142-77-58(119)52(113)41(102)24(7-88)130-77/h18,24-82,88-95,101-124H,7-17H2,1-6H3,(H,83,96)(H,84,97)(H,85,98)(H,86,99)(H,87,100)/t18-,24+,25+,26+,27+,28+,29+,30+,31+,32+,33+,34+,35+,36+,37+,38+,39+,40+,41-,42-,43-,44+,45+,46+,47+,48+,49+,50+,51+,52-,53-,54-,55-,56+,57-,58+,59+,60+,61-,62-,63+,64+,65+,66+,67+,68+,69-,70-,71+,72+,73-,74-,75-,76+,77-,78-,79-,80+,81-,82-/m0/s1. The number of aliphatic hydroxyl groups excluding tert-OH is 32. The summed E-state index contributed by atoms with van der Waals surface area (Å²) in [5.41, 5.74) is 0. The summed E-state index contributed by atoms with van der Waals surface area (Å²) >= 11 is 0. The average Bonchev–Trinajstić information content (AvgIpc) is 0.762. The zero-order valence-corrected chi connectivity index (χ0v) is 79.2. The summed E-state index contributed by atoms with van der Waals surface area (Å²) in [6.07, 6.45) is -117. The molecule has 0 unspecified atom stereocenters. The highest BCUT2D eigenvalue weighted by Gasteiger charge is 2.63. The molecule has 12 saturated heterocycles. The van der Waals surface area contributed by atoms with Gasteiger partial charge in [-0.15, -0.1) is 0 Å². The van der Waals surface area contributed by atoms with Crippen molar-refractivity contribution in [1.29, 1.82) is 0 Å². The Hall–Kier alpha value is -4.85. The molecule has 0 aromatic carbocycles. The van der Waals surface area contributed by atoms with Crippen LogP contribution in [0.2, 0.25) is 0 Å². The van der Waals surface area contributed by atoms with Crippen LogP contribution in [-0.2, 0) is 133 Å². The van der Waals surface area contributed by atoms with Crippen molar-refractivity contribution in [3.05, 3.63) is 0 Å². The second-order valence-corrected chi connectivity index (χ2v) is 37.4. The molecule has 0 aromatic heterocycles. The highest BCUT2D eigenvalue weighted by Crippen LogP contribution is 2.42. The van der Waals surface area contributed by atoms with Crippen molar-refractivity contribution in [3.8, 4) is 0 Å². The first-order valence-corrected chi connectivity index (χ1v) is 47.0. The molecular weight excluding hydrogens is 2010 g/mol. The van der Waals surface area contributed by atoms with Crippen molar-refractivity contribution < 1.29 is 296 Å². The van der Waals surface area contributed by atoms with Gasteiger partial charge in [0.1, 0.15) is 287 Å². The van der Waals surface area contributed by atoms with E-state index < -0.39 is 470 Å². The van der Waals surface area contributed by atoms with Gasteiger partial charge in [0, 0.05) is 34.6 Å². The van der Waals surface area contributed by atoms with E-state index in [1.54, 1.807) is 0 Å². The summed E-state index contributed by atoms with van der Waals surface area (Å²) in [6.45, 7) is -6.64. The van der Waals surface area contributed by atoms with E-state index in [2.05, 4.69) is 26.6 Å². The van der Waals surface area contributed by atoms with Gasteiger partial charge in [-0.3, -0.25) is 24.0 Å². The van der Waals surface area contributed by atoms with Crippen molar-refractivity contribution in [2.24, 2.45) is 0 Å². The summed E-state index contributed by atoms with van der Waals surface area (Å²) < 4.78 is 137. The minimum Gasteiger partial charge on any atom is -0.394 e. The van der Waals surface area contributed by atoms with Crippen molar-refractivity contribution in [2.45, 2.75) is 410 Å². The minimum atomic E-state index is -2.70. The number of rotatable bonds is 38. The second kappa shape index (κ2) is 52.8. The lowest BCUT2D eigenvalue weighted by atomic mass is 9.93. The molecule has 0 aromatic rings. The van der Waals surface area contributed by atoms with Crippen molar-refractivity contribution >= 4 is 29.5 Å². The quantitative estimate of drug-likeness (QED) is 0.0273. The van der Waals surface area contributed by atoms with Crippen LogP contribution in [0.3, 0.4) is 0 Å². The lowest BCUT2D eigenvalue weighted by Crippen LogP contribution is -2.71. The maximum atomic E-state index is 13.4. The number of nitrogens with one attached hydrogen (secondary N) is 5. The molecule has 12 heterocycles. The van der Waals surface area contributed by atoms with E-state index in [4.69, 9.17) is 109 Å². The molecule has 0 bridgehead atoms. The predicted octanol–water partition coefficient (Wildman–Crippen LogP) is -25.4. The fourth-order valence-corrected chi connectivity index (χ4v) is 19.1. The Morgan fingerprint density at radius 1 is 0.190 bits per heavy atom. The first-order valence-electron chi connectivity index (χ1n) is 47.0. The summed E-state index contributed by atoms with van der Waals surface area (Å²) in [5.74, 6) is -4.85. The zero-order chi connectivity index (χ0) is 108. The number of hydrogen-bond donors (Lipinski definition) is 37. The molecule has 0 aliphatic carbocycles. The van der Waals surface area contributed by atoms with E-state index in [0.717, 1.165) is 34.6 Å². The molecule has 65 heteroatoms. The summed E-state index contributed by atoms with van der Waals surface area (Å²) in [7, 11) is 0. The number of carbonyl (C=O) groups excluding carboxylic acids is 5. The van der Waals surface area contributed by atoms with Crippen LogP contribution in [0.4, 0.5) is 0 Å². The van der Waals surface area contributed by atoms with Gasteiger partial charge in [0.25, 0.3) is 0 Å². The molecule has 12 aliphatic heterocycles. The van der Waals surface area contributed by atoms with Crippen LogP contribution in [0.15, 0.2) is 0 Å². The summed E-state index contributed by atoms with van der Waals surface area (Å²) in [5, 5.41) is 372. The molecule has 0 radical (unpaired) electrons. The number of carbonyl (C=O) groups is 5. The predicted molar refractivity (Wildman–Crippen MR) is 452 cm³/mol. The Labute approximate surface area is 832 Å². The molecule has 147 heavy (non-hydrogen) atoms. The lowest BCUT2D eigenvalue weighted by molar-refractivity contribution is -0.395. The Bertz CT molecular complexity index is 4110. The Morgan fingerprint density at radius 3 is 0.782 bits per heavy atom. The van der Waals surface area contributed by atoms with Crippen molar-refractivity contribution in [1.82, 2.24) is 26.6 Å². The first-order chi connectivity index (χ1) is 69.5. The minimum absolute atomic E-state index is 0.878. The van der Waals surface area contributed by atoms with E-state index in [1.807, 2.05) is 0 Å². The molecule has 0 saturated carbocycles. The van der Waals surface area contributed by atoms with Gasteiger partial charge >= 0.3 is 0 Å². The van der Waals surface area contributed by atoms with E-state index >= 15 is 0 Å². The largest absolute Gasteiger partial charge is 0.394 e. The van der Waals surface area contributed by atoms with Gasteiger partial charge in [-0.1, -0.05) is 0 Å². The highest BCUT2D eigenvalue weighted by molar-refractivity contribution is 5.75. The van der Waals surface area contributed by atoms with Gasteiger partial charge in [0.15, 0.2) is 75.5 Å². The van der Waals surface area contributed by atoms with Gasteiger partial charge in [-0.05, 0) is 6.92 Å². The van der Waals surface area contributed by atoms with Crippen molar-refractivity contribution in [3.63, 3.8) is 0 Å². The smallest absolute Gasteiger partial charge is 0.217 e. The number of hydrogen-bond acceptors (Lipinski definition) is 60. The molecule has 12 aliphatic rings. The van der Waals surface area contributed by atoms with E-state index in [9.17, 15) is 187 Å². The third kappa shape index (κ3) is 27.0. The van der Waals surface area contributed by atoms with Gasteiger partial charge in [-0.2, -0.15) is 0 Å². The van der Waals surface area contributed by atoms with Gasteiger partial charge in [0.05, 0.1) is 78.8 Å². The SMILES string of the molecule is CC(=O)N[C@@H]1[C@@H](O)[C@H](O[C@@H]2O[C@H](CO)[C@@H](O[C@@H]3O[C@H](CO[C@H]4O[C@H](CO[C@@H]5O[C@H](CO)[C@@H](O[C@@H]6O[C@H](CO)[C@H](O)[C@H](O)[C@H]6O)[C@H](O)[C@H]5NC(C)=O)[C@@H](O)[C@H](O)[C@@H]4O[C@@H]4O[C@H](CO)[C@@H](O[C@@H]5O[C@H](CO)[C@H](O)[C@H](O)[C@H]5O)[C@H](O)[C@H]4NC(C)=O)[C@@H](O)[C@H](O[C@H]4O[C@H](CO)[C@@H](O[C@@H]5O[C@H](CO)[C@@H](O[C@@H]6O[C@H](CO)[C@H](O)[C@H](O)[C@H]6O)[C@H](O)[C@H]5NC(C)=O)[C@H](O)[C@@H]4O)[C@@H]3O)[C@H](O)[C@H]2NC(C)=O)[C@@H](CO[C@@H]2O[C@@H](C)[C@@H](O)[C@@H](O)[C@@H]2O)O[C@H]1O.